The Morgan fingerprint density at radius 1 is 0.900 bits per heavy atom. The van der Waals surface area contributed by atoms with E-state index in [2.05, 4.69) is 81.5 Å². The summed E-state index contributed by atoms with van der Waals surface area (Å²) in [7, 11) is 0. The van der Waals surface area contributed by atoms with Crippen LogP contribution in [0.15, 0.2) is 89.4 Å². The Morgan fingerprint density at radius 3 is 2.20 bits per heavy atom. The van der Waals surface area contributed by atoms with E-state index < -0.39 is 0 Å². The number of hydrogen-bond donors (Lipinski definition) is 0. The number of carbonyl (C=O) groups is 1. The molecule has 154 valence electrons. The van der Waals surface area contributed by atoms with Crippen LogP contribution in [0.25, 0.3) is 0 Å². The zero-order chi connectivity index (χ0) is 20.8. The Bertz CT molecular complexity index is 944. The lowest BCUT2D eigenvalue weighted by molar-refractivity contribution is -0.00486. The average molecular weight is 464 g/mol. The molecule has 4 heteroatoms. The van der Waals surface area contributed by atoms with Gasteiger partial charge in [0.1, 0.15) is 6.10 Å². The van der Waals surface area contributed by atoms with Crippen LogP contribution in [-0.4, -0.2) is 29.6 Å². The Balaban J connectivity index is 1.45. The summed E-state index contributed by atoms with van der Waals surface area (Å²) in [5.74, 6) is -0.234. The normalized spacial score (nSPS) is 19.4. The van der Waals surface area contributed by atoms with E-state index in [1.807, 2.05) is 12.1 Å². The molecule has 1 fully saturated rings. The SMILES string of the molecule is O=C(OC1CCN(Cc2ccccc2)C(Cc2ccccc2)C1)c1ccc(Br)cc1. The fourth-order valence-electron chi connectivity index (χ4n) is 4.10. The summed E-state index contributed by atoms with van der Waals surface area (Å²) in [5.41, 5.74) is 3.24. The molecule has 4 rings (SSSR count). The quantitative estimate of drug-likeness (QED) is 0.427. The van der Waals surface area contributed by atoms with Crippen molar-refractivity contribution in [2.75, 3.05) is 6.54 Å². The van der Waals surface area contributed by atoms with E-state index in [-0.39, 0.29) is 12.1 Å². The van der Waals surface area contributed by atoms with Crippen LogP contribution in [0.2, 0.25) is 0 Å². The third-order valence-electron chi connectivity index (χ3n) is 5.69. The number of nitrogens with zero attached hydrogens (tertiary/aromatic N) is 1. The van der Waals surface area contributed by atoms with Crippen molar-refractivity contribution in [2.24, 2.45) is 0 Å². The van der Waals surface area contributed by atoms with E-state index in [9.17, 15) is 4.79 Å². The molecule has 1 aliphatic rings. The molecule has 0 radical (unpaired) electrons. The maximum absolute atomic E-state index is 12.6. The van der Waals surface area contributed by atoms with Crippen LogP contribution in [-0.2, 0) is 17.7 Å². The van der Waals surface area contributed by atoms with Crippen LogP contribution in [0.3, 0.4) is 0 Å². The number of benzene rings is 3. The number of esters is 1. The number of rotatable bonds is 6. The third kappa shape index (κ3) is 5.59. The minimum absolute atomic E-state index is 0.0538. The van der Waals surface area contributed by atoms with E-state index in [4.69, 9.17) is 4.74 Å². The fourth-order valence-corrected chi connectivity index (χ4v) is 4.36. The van der Waals surface area contributed by atoms with Crippen molar-refractivity contribution in [2.45, 2.75) is 38.0 Å². The van der Waals surface area contributed by atoms with Crippen molar-refractivity contribution in [1.29, 1.82) is 0 Å². The first-order valence-electron chi connectivity index (χ1n) is 10.5. The second kappa shape index (κ2) is 10.1. The number of hydrogen-bond acceptors (Lipinski definition) is 3. The van der Waals surface area contributed by atoms with Crippen LogP contribution in [0.4, 0.5) is 0 Å². The predicted octanol–water partition coefficient (Wildman–Crippen LogP) is 5.88. The first-order chi connectivity index (χ1) is 14.7. The highest BCUT2D eigenvalue weighted by molar-refractivity contribution is 9.10. The molecule has 1 aliphatic heterocycles. The smallest absolute Gasteiger partial charge is 0.338 e. The number of piperidine rings is 1. The molecule has 0 saturated carbocycles. The van der Waals surface area contributed by atoms with Gasteiger partial charge in [0.05, 0.1) is 5.56 Å². The van der Waals surface area contributed by atoms with E-state index in [0.29, 0.717) is 11.6 Å². The standard InChI is InChI=1S/C26H26BrNO2/c27-23-13-11-22(12-14-23)26(29)30-25-15-16-28(19-21-9-5-2-6-10-21)24(18-25)17-20-7-3-1-4-8-20/h1-14,24-25H,15-19H2. The molecule has 0 N–H and O–H groups in total. The molecule has 3 nitrogen and oxygen atoms in total. The van der Waals surface area contributed by atoms with Crippen molar-refractivity contribution in [3.8, 4) is 0 Å². The van der Waals surface area contributed by atoms with Crippen molar-refractivity contribution in [3.63, 3.8) is 0 Å². The highest BCUT2D eigenvalue weighted by Crippen LogP contribution is 2.26. The number of carbonyl (C=O) groups excluding carboxylic acids is 1. The van der Waals surface area contributed by atoms with Gasteiger partial charge in [-0.05, 0) is 48.2 Å². The monoisotopic (exact) mass is 463 g/mol. The number of likely N-dealkylation sites (tertiary alicyclic amines) is 1. The molecule has 0 aliphatic carbocycles. The van der Waals surface area contributed by atoms with Crippen molar-refractivity contribution in [1.82, 2.24) is 4.90 Å². The summed E-state index contributed by atoms with van der Waals surface area (Å²) >= 11 is 3.41. The Kier molecular flexibility index (Phi) is 6.98. The van der Waals surface area contributed by atoms with Gasteiger partial charge in [-0.25, -0.2) is 4.79 Å². The molecule has 0 bridgehead atoms. The molecule has 2 unspecified atom stereocenters. The average Bonchev–Trinajstić information content (AvgIpc) is 2.77. The van der Waals surface area contributed by atoms with Gasteiger partial charge in [0.25, 0.3) is 0 Å². The number of ether oxygens (including phenoxy) is 1. The van der Waals surface area contributed by atoms with E-state index in [1.54, 1.807) is 12.1 Å². The molecular formula is C26H26BrNO2. The minimum atomic E-state index is -0.234. The summed E-state index contributed by atoms with van der Waals surface area (Å²) in [6.07, 6.45) is 2.62. The third-order valence-corrected chi connectivity index (χ3v) is 6.21. The van der Waals surface area contributed by atoms with Crippen molar-refractivity contribution >= 4 is 21.9 Å². The molecule has 0 amide bonds. The lowest BCUT2D eigenvalue weighted by Gasteiger charge is -2.39. The lowest BCUT2D eigenvalue weighted by atomic mass is 9.93. The maximum Gasteiger partial charge on any atom is 0.338 e. The van der Waals surface area contributed by atoms with Gasteiger partial charge in [-0.2, -0.15) is 0 Å². The topological polar surface area (TPSA) is 29.5 Å². The molecule has 3 aromatic carbocycles. The summed E-state index contributed by atoms with van der Waals surface area (Å²) in [5, 5.41) is 0. The van der Waals surface area contributed by atoms with Gasteiger partial charge in [-0.1, -0.05) is 76.6 Å². The van der Waals surface area contributed by atoms with Crippen LogP contribution < -0.4 is 0 Å². The van der Waals surface area contributed by atoms with Gasteiger partial charge in [-0.3, -0.25) is 4.90 Å². The predicted molar refractivity (Wildman–Crippen MR) is 123 cm³/mol. The highest BCUT2D eigenvalue weighted by Gasteiger charge is 2.31. The van der Waals surface area contributed by atoms with Gasteiger partial charge in [0.15, 0.2) is 0 Å². The van der Waals surface area contributed by atoms with E-state index >= 15 is 0 Å². The molecule has 2 atom stereocenters. The Labute approximate surface area is 186 Å². The van der Waals surface area contributed by atoms with E-state index in [1.165, 1.54) is 11.1 Å². The molecule has 0 spiro atoms. The largest absolute Gasteiger partial charge is 0.459 e. The lowest BCUT2D eigenvalue weighted by Crippen LogP contribution is -2.46. The van der Waals surface area contributed by atoms with Gasteiger partial charge in [-0.15, -0.1) is 0 Å². The van der Waals surface area contributed by atoms with Gasteiger partial charge in [0.2, 0.25) is 0 Å². The fraction of sp³-hybridized carbons (Fsp3) is 0.269. The van der Waals surface area contributed by atoms with Gasteiger partial charge >= 0.3 is 5.97 Å². The number of halogens is 1. The van der Waals surface area contributed by atoms with Crippen LogP contribution in [0, 0.1) is 0 Å². The van der Waals surface area contributed by atoms with Crippen molar-refractivity contribution in [3.05, 3.63) is 106 Å². The molecular weight excluding hydrogens is 438 g/mol. The first-order valence-corrected chi connectivity index (χ1v) is 11.2. The minimum Gasteiger partial charge on any atom is -0.459 e. The van der Waals surface area contributed by atoms with Gasteiger partial charge in [0, 0.05) is 30.0 Å². The Morgan fingerprint density at radius 2 is 1.53 bits per heavy atom. The maximum atomic E-state index is 12.6. The molecule has 1 saturated heterocycles. The second-order valence-corrected chi connectivity index (χ2v) is 8.77. The molecule has 0 aromatic heterocycles. The second-order valence-electron chi connectivity index (χ2n) is 7.86. The highest BCUT2D eigenvalue weighted by atomic mass is 79.9. The summed E-state index contributed by atoms with van der Waals surface area (Å²) in [6, 6.07) is 28.9. The van der Waals surface area contributed by atoms with Crippen LogP contribution in [0.1, 0.15) is 34.3 Å². The molecule has 3 aromatic rings. The van der Waals surface area contributed by atoms with Crippen LogP contribution in [0.5, 0.6) is 0 Å². The molecule has 30 heavy (non-hydrogen) atoms. The Hall–Kier alpha value is -2.43. The van der Waals surface area contributed by atoms with E-state index in [0.717, 1.165) is 36.8 Å². The summed E-state index contributed by atoms with van der Waals surface area (Å²) < 4.78 is 6.86. The molecule has 1 heterocycles. The van der Waals surface area contributed by atoms with Gasteiger partial charge < -0.3 is 4.74 Å². The zero-order valence-electron chi connectivity index (χ0n) is 16.9. The zero-order valence-corrected chi connectivity index (χ0v) is 18.5. The van der Waals surface area contributed by atoms with Crippen molar-refractivity contribution < 1.29 is 9.53 Å². The summed E-state index contributed by atoms with van der Waals surface area (Å²) in [4.78, 5) is 15.1. The summed E-state index contributed by atoms with van der Waals surface area (Å²) in [6.45, 7) is 1.84. The first kappa shape index (κ1) is 20.8. The van der Waals surface area contributed by atoms with Crippen LogP contribution >= 0.6 is 15.9 Å².